The van der Waals surface area contributed by atoms with Gasteiger partial charge in [-0.2, -0.15) is 0 Å². The smallest absolute Gasteiger partial charge is 0.309 e. The summed E-state index contributed by atoms with van der Waals surface area (Å²) in [5, 5.41) is 9.88. The standard InChI is InChI=1S/C26H49N2O11P.8CH4.ClH/c1-9-20(25(32)37-12-10-27(3,4)5)17-22(26(33)38-13-11-28(6,7)8)18-21(23(29)30)16-19(2)24(31)39-14-15-40(34,35)36;;;;;;;;;/h19-22H,9-18H2,1-8H3,(H-2,29,30,34,35,36);8*1H4;1H. The molecule has 15 heteroatoms. The van der Waals surface area contributed by atoms with Gasteiger partial charge in [0.15, 0.2) is 0 Å². The summed E-state index contributed by atoms with van der Waals surface area (Å²) < 4.78 is 27.8. The molecular weight excluding hydrogens is 679 g/mol. The summed E-state index contributed by atoms with van der Waals surface area (Å²) in [5.74, 6) is -6.81. The maximum atomic E-state index is 13.1. The molecule has 0 saturated heterocycles. The summed E-state index contributed by atoms with van der Waals surface area (Å²) in [4.78, 5) is 70.0. The Kier molecular flexibility index (Phi) is 49.6. The highest BCUT2D eigenvalue weighted by Gasteiger charge is 2.35. The fourth-order valence-corrected chi connectivity index (χ4v) is 4.03. The number of halogens is 1. The second kappa shape index (κ2) is 33.4. The SMILES string of the molecule is C.C.C.C.C.C.C.C.CCC(CC(CC(CC(C)C(=O)OCCP(=O)([O-])O)C(=O)O)C(=O)OCC[N+](C)(C)C)C(=O)OCC[N+](C)(C)C.[Cl-]. The molecule has 0 aliphatic carbocycles. The number of ether oxygens (including phenoxy) is 3. The Morgan fingerprint density at radius 3 is 1.33 bits per heavy atom. The summed E-state index contributed by atoms with van der Waals surface area (Å²) in [7, 11) is 7.09. The Balaban J connectivity index is -0.000000211. The molecule has 2 N–H and O–H groups in total. The summed E-state index contributed by atoms with van der Waals surface area (Å²) in [6, 6.07) is 0. The van der Waals surface area contributed by atoms with E-state index in [-0.39, 0.29) is 104 Å². The van der Waals surface area contributed by atoms with Crippen molar-refractivity contribution in [2.24, 2.45) is 23.7 Å². The van der Waals surface area contributed by atoms with E-state index < -0.39 is 67.9 Å². The average Bonchev–Trinajstić information content (AvgIpc) is 2.77. The third-order valence-electron chi connectivity index (χ3n) is 6.32. The number of esters is 3. The zero-order valence-corrected chi connectivity index (χ0v) is 27.3. The molecule has 0 saturated carbocycles. The minimum Gasteiger partial charge on any atom is -1.00 e. The van der Waals surface area contributed by atoms with Gasteiger partial charge < -0.3 is 55.0 Å². The van der Waals surface area contributed by atoms with Gasteiger partial charge in [-0.1, -0.05) is 73.3 Å². The molecule has 0 radical (unpaired) electrons. The van der Waals surface area contributed by atoms with Gasteiger partial charge in [-0.05, 0) is 25.7 Å². The van der Waals surface area contributed by atoms with Gasteiger partial charge in [-0.3, -0.25) is 19.2 Å². The average molecular weight is 761 g/mol. The number of hydrogen-bond donors (Lipinski definition) is 2. The van der Waals surface area contributed by atoms with Gasteiger partial charge in [0.1, 0.15) is 33.9 Å². The molecule has 0 aliphatic heterocycles. The quantitative estimate of drug-likeness (QED) is 0.0808. The number of nitrogens with zero attached hydrogens (tertiary/aromatic N) is 2. The number of rotatable bonds is 20. The van der Waals surface area contributed by atoms with E-state index in [0.29, 0.717) is 28.5 Å². The van der Waals surface area contributed by atoms with Crippen LogP contribution in [0.25, 0.3) is 0 Å². The highest BCUT2D eigenvalue weighted by atomic mass is 35.5. The molecule has 13 nitrogen and oxygen atoms in total. The van der Waals surface area contributed by atoms with Crippen LogP contribution in [0.2, 0.25) is 0 Å². The van der Waals surface area contributed by atoms with Crippen LogP contribution in [0.1, 0.15) is 98.9 Å². The van der Waals surface area contributed by atoms with E-state index >= 15 is 0 Å². The predicted octanol–water partition coefficient (Wildman–Crippen LogP) is 2.82. The van der Waals surface area contributed by atoms with Gasteiger partial charge in [-0.25, -0.2) is 0 Å². The first-order valence-electron chi connectivity index (χ1n) is 13.5. The van der Waals surface area contributed by atoms with Crippen LogP contribution in [0, 0.1) is 23.7 Å². The molecule has 0 aromatic carbocycles. The van der Waals surface area contributed by atoms with Crippen molar-refractivity contribution in [2.75, 3.05) is 81.4 Å². The highest BCUT2D eigenvalue weighted by molar-refractivity contribution is 7.50. The van der Waals surface area contributed by atoms with E-state index in [1.807, 2.05) is 42.3 Å². The molecule has 0 fully saturated rings. The number of carbonyl (C=O) groups is 4. The van der Waals surface area contributed by atoms with Gasteiger partial charge >= 0.3 is 23.9 Å². The molecule has 5 unspecified atom stereocenters. The maximum Gasteiger partial charge on any atom is 0.309 e. The van der Waals surface area contributed by atoms with Crippen molar-refractivity contribution < 1.29 is 74.2 Å². The summed E-state index contributed by atoms with van der Waals surface area (Å²) in [6.07, 6.45) is -0.708. The van der Waals surface area contributed by atoms with Crippen molar-refractivity contribution >= 4 is 31.5 Å². The van der Waals surface area contributed by atoms with Crippen molar-refractivity contribution in [2.45, 2.75) is 98.9 Å². The normalized spacial score (nSPS) is 13.6. The molecule has 49 heavy (non-hydrogen) atoms. The van der Waals surface area contributed by atoms with E-state index in [9.17, 15) is 33.7 Å². The van der Waals surface area contributed by atoms with Crippen molar-refractivity contribution in [3.8, 4) is 0 Å². The summed E-state index contributed by atoms with van der Waals surface area (Å²) in [6.45, 7) is 4.09. The number of carboxylic acids is 1. The fourth-order valence-electron chi connectivity index (χ4n) is 3.71. The lowest BCUT2D eigenvalue weighted by Crippen LogP contribution is -3.00. The number of carbonyl (C=O) groups excluding carboxylic acids is 3. The fraction of sp³-hybridized carbons (Fsp3) is 0.882. The number of carboxylic acid groups (broad SMARTS) is 1. The lowest BCUT2D eigenvalue weighted by atomic mass is 9.82. The Morgan fingerprint density at radius 2 is 1.00 bits per heavy atom. The van der Waals surface area contributed by atoms with E-state index in [1.165, 1.54) is 6.92 Å². The second-order valence-corrected chi connectivity index (χ2v) is 14.1. The van der Waals surface area contributed by atoms with Gasteiger partial charge in [0, 0.05) is 6.16 Å². The monoisotopic (exact) mass is 761 g/mol. The largest absolute Gasteiger partial charge is 1.00 e. The minimum absolute atomic E-state index is 0. The number of quaternary nitrogens is 2. The van der Waals surface area contributed by atoms with Crippen LogP contribution >= 0.6 is 7.60 Å². The minimum atomic E-state index is -4.60. The molecule has 0 amide bonds. The highest BCUT2D eigenvalue weighted by Crippen LogP contribution is 2.30. The molecule has 0 aliphatic rings. The summed E-state index contributed by atoms with van der Waals surface area (Å²) >= 11 is 0. The van der Waals surface area contributed by atoms with Gasteiger partial charge in [0.2, 0.25) is 0 Å². The first-order valence-corrected chi connectivity index (χ1v) is 15.3. The first kappa shape index (κ1) is 72.8. The zero-order valence-electron chi connectivity index (χ0n) is 25.7. The number of hydrogen-bond acceptors (Lipinski definition) is 9. The van der Waals surface area contributed by atoms with Crippen LogP contribution in [0.4, 0.5) is 0 Å². The van der Waals surface area contributed by atoms with Gasteiger partial charge in [0.25, 0.3) is 0 Å². The molecule has 0 aromatic heterocycles. The van der Waals surface area contributed by atoms with Crippen molar-refractivity contribution in [1.82, 2.24) is 0 Å². The molecule has 5 atom stereocenters. The van der Waals surface area contributed by atoms with Crippen LogP contribution in [0.15, 0.2) is 0 Å². The Morgan fingerprint density at radius 1 is 0.653 bits per heavy atom. The third kappa shape index (κ3) is 37.3. The van der Waals surface area contributed by atoms with Crippen molar-refractivity contribution in [3.63, 3.8) is 0 Å². The lowest BCUT2D eigenvalue weighted by Gasteiger charge is -2.27. The maximum absolute atomic E-state index is 13.1. The van der Waals surface area contributed by atoms with E-state index in [2.05, 4.69) is 0 Å². The topological polar surface area (TPSA) is 177 Å². The number of likely N-dealkylation sites (N-methyl/N-ethyl adjacent to an activating group) is 2. The predicted molar refractivity (Wildman–Crippen MR) is 199 cm³/mol. The van der Waals surface area contributed by atoms with Crippen LogP contribution in [-0.4, -0.2) is 124 Å². The van der Waals surface area contributed by atoms with Crippen molar-refractivity contribution in [1.29, 1.82) is 0 Å². The molecule has 0 spiro atoms. The summed E-state index contributed by atoms with van der Waals surface area (Å²) in [5.41, 5.74) is 0. The van der Waals surface area contributed by atoms with Gasteiger partial charge in [-0.15, -0.1) is 0 Å². The molecule has 306 valence electrons. The first-order chi connectivity index (χ1) is 18.1. The Bertz CT molecular complexity index is 888. The third-order valence-corrected chi connectivity index (χ3v) is 7.07. The molecular formula is C34H82ClN2O11P. The Labute approximate surface area is 309 Å². The van der Waals surface area contributed by atoms with E-state index in [4.69, 9.17) is 19.1 Å². The van der Waals surface area contributed by atoms with E-state index in [1.54, 1.807) is 6.92 Å². The zero-order chi connectivity index (χ0) is 31.3. The lowest BCUT2D eigenvalue weighted by molar-refractivity contribution is -0.870. The van der Waals surface area contributed by atoms with Crippen molar-refractivity contribution in [3.05, 3.63) is 0 Å². The molecule has 0 bridgehead atoms. The van der Waals surface area contributed by atoms with E-state index in [0.717, 1.165) is 0 Å². The van der Waals surface area contributed by atoms with Crippen LogP contribution in [0.5, 0.6) is 0 Å². The van der Waals surface area contributed by atoms with Crippen LogP contribution < -0.4 is 17.3 Å². The van der Waals surface area contributed by atoms with Crippen LogP contribution in [0.3, 0.4) is 0 Å². The van der Waals surface area contributed by atoms with Crippen LogP contribution in [-0.2, 0) is 38.0 Å². The van der Waals surface area contributed by atoms with Gasteiger partial charge in [0.05, 0.1) is 72.6 Å². The second-order valence-electron chi connectivity index (χ2n) is 12.3. The molecule has 0 heterocycles. The molecule has 0 rings (SSSR count). The molecule has 0 aromatic rings. The Hall–Kier alpha value is -1.76. The number of aliphatic carboxylic acids is 1.